The van der Waals surface area contributed by atoms with Gasteiger partial charge in [0.1, 0.15) is 0 Å². The zero-order chi connectivity index (χ0) is 13.7. The Bertz CT molecular complexity index is 378. The molecule has 1 heterocycles. The van der Waals surface area contributed by atoms with Crippen molar-refractivity contribution in [1.82, 2.24) is 4.90 Å². The highest BCUT2D eigenvalue weighted by atomic mass is 16.4. The molecule has 3 nitrogen and oxygen atoms in total. The van der Waals surface area contributed by atoms with Crippen LogP contribution in [0.25, 0.3) is 0 Å². The van der Waals surface area contributed by atoms with Crippen LogP contribution in [0.2, 0.25) is 0 Å². The summed E-state index contributed by atoms with van der Waals surface area (Å²) in [5.74, 6) is 0. The van der Waals surface area contributed by atoms with Crippen molar-refractivity contribution >= 4 is 12.6 Å². The van der Waals surface area contributed by atoms with Gasteiger partial charge in [-0.05, 0) is 36.8 Å². The van der Waals surface area contributed by atoms with Crippen LogP contribution in [0.5, 0.6) is 0 Å². The minimum atomic E-state index is -1.36. The first kappa shape index (κ1) is 14.6. The summed E-state index contributed by atoms with van der Waals surface area (Å²) in [5.41, 5.74) is 1.82. The van der Waals surface area contributed by atoms with Crippen LogP contribution in [0.1, 0.15) is 44.6 Å². The standard InChI is InChI=1S/C15H24BNO2/c1-2-5-15-6-3-4-11-17(15)12-13-7-9-14(10-8-13)16(18)19/h7-10,15,18-19H,2-6,11-12H2,1H3. The lowest BCUT2D eigenvalue weighted by Gasteiger charge is -2.35. The molecule has 4 heteroatoms. The quantitative estimate of drug-likeness (QED) is 0.790. The van der Waals surface area contributed by atoms with Gasteiger partial charge in [-0.2, -0.15) is 0 Å². The lowest BCUT2D eigenvalue weighted by molar-refractivity contribution is 0.131. The van der Waals surface area contributed by atoms with E-state index >= 15 is 0 Å². The molecule has 1 atom stereocenters. The lowest BCUT2D eigenvalue weighted by atomic mass is 9.80. The second-order valence-corrected chi connectivity index (χ2v) is 5.52. The van der Waals surface area contributed by atoms with Crippen LogP contribution in [0, 0.1) is 0 Å². The molecular weight excluding hydrogens is 237 g/mol. The summed E-state index contributed by atoms with van der Waals surface area (Å²) in [6, 6.07) is 8.35. The van der Waals surface area contributed by atoms with Gasteiger partial charge >= 0.3 is 7.12 Å². The summed E-state index contributed by atoms with van der Waals surface area (Å²) in [6.07, 6.45) is 6.51. The first-order chi connectivity index (χ1) is 9.20. The fourth-order valence-corrected chi connectivity index (χ4v) is 2.96. The van der Waals surface area contributed by atoms with Gasteiger partial charge in [0, 0.05) is 12.6 Å². The minimum absolute atomic E-state index is 0.563. The normalized spacial score (nSPS) is 20.5. The van der Waals surface area contributed by atoms with E-state index in [-0.39, 0.29) is 0 Å². The molecule has 1 aromatic rings. The maximum Gasteiger partial charge on any atom is 0.488 e. The van der Waals surface area contributed by atoms with Crippen molar-refractivity contribution in [3.63, 3.8) is 0 Å². The first-order valence-electron chi connectivity index (χ1n) is 7.39. The van der Waals surface area contributed by atoms with Crippen molar-refractivity contribution < 1.29 is 10.0 Å². The molecule has 0 bridgehead atoms. The van der Waals surface area contributed by atoms with Crippen molar-refractivity contribution in [3.05, 3.63) is 29.8 Å². The fourth-order valence-electron chi connectivity index (χ4n) is 2.96. The van der Waals surface area contributed by atoms with E-state index in [1.54, 1.807) is 12.1 Å². The molecule has 1 fully saturated rings. The van der Waals surface area contributed by atoms with E-state index in [0.29, 0.717) is 5.46 Å². The zero-order valence-electron chi connectivity index (χ0n) is 11.8. The van der Waals surface area contributed by atoms with Crippen LogP contribution in [-0.2, 0) is 6.54 Å². The van der Waals surface area contributed by atoms with Gasteiger partial charge in [0.25, 0.3) is 0 Å². The smallest absolute Gasteiger partial charge is 0.423 e. The Morgan fingerprint density at radius 1 is 1.21 bits per heavy atom. The van der Waals surface area contributed by atoms with Crippen molar-refractivity contribution in [3.8, 4) is 0 Å². The predicted octanol–water partition coefficient (Wildman–Crippen LogP) is 1.52. The molecule has 19 heavy (non-hydrogen) atoms. The summed E-state index contributed by atoms with van der Waals surface area (Å²) in [5, 5.41) is 18.2. The Morgan fingerprint density at radius 2 is 1.95 bits per heavy atom. The Hall–Kier alpha value is -0.835. The van der Waals surface area contributed by atoms with Crippen molar-refractivity contribution in [2.45, 2.75) is 51.6 Å². The number of rotatable bonds is 5. The molecule has 2 N–H and O–H groups in total. The second kappa shape index (κ2) is 7.08. The predicted molar refractivity (Wildman–Crippen MR) is 79.2 cm³/mol. The molecule has 1 aliphatic rings. The maximum atomic E-state index is 9.09. The molecule has 0 saturated carbocycles. The third-order valence-corrected chi connectivity index (χ3v) is 4.03. The van der Waals surface area contributed by atoms with Gasteiger partial charge in [-0.3, -0.25) is 4.90 Å². The van der Waals surface area contributed by atoms with E-state index in [9.17, 15) is 0 Å². The van der Waals surface area contributed by atoms with Crippen molar-refractivity contribution in [2.75, 3.05) is 6.54 Å². The highest BCUT2D eigenvalue weighted by Gasteiger charge is 2.21. The molecule has 1 aliphatic heterocycles. The molecular formula is C15H24BNO2. The van der Waals surface area contributed by atoms with Crippen molar-refractivity contribution in [1.29, 1.82) is 0 Å². The summed E-state index contributed by atoms with van der Waals surface area (Å²) in [4.78, 5) is 2.58. The molecule has 1 unspecified atom stereocenters. The highest BCUT2D eigenvalue weighted by Crippen LogP contribution is 2.22. The van der Waals surface area contributed by atoms with Crippen LogP contribution in [0.4, 0.5) is 0 Å². The monoisotopic (exact) mass is 261 g/mol. The molecule has 2 rings (SSSR count). The number of piperidine rings is 1. The number of likely N-dealkylation sites (tertiary alicyclic amines) is 1. The number of hydrogen-bond acceptors (Lipinski definition) is 3. The van der Waals surface area contributed by atoms with Crippen LogP contribution in [0.3, 0.4) is 0 Å². The zero-order valence-corrected chi connectivity index (χ0v) is 11.8. The largest absolute Gasteiger partial charge is 0.488 e. The van der Waals surface area contributed by atoms with Crippen LogP contribution < -0.4 is 5.46 Å². The Morgan fingerprint density at radius 3 is 2.58 bits per heavy atom. The van der Waals surface area contributed by atoms with E-state index < -0.39 is 7.12 Å². The molecule has 0 radical (unpaired) electrons. The SMILES string of the molecule is CCCC1CCCCN1Cc1ccc(B(O)O)cc1. The van der Waals surface area contributed by atoms with E-state index in [1.807, 2.05) is 12.1 Å². The van der Waals surface area contributed by atoms with Gasteiger partial charge < -0.3 is 10.0 Å². The van der Waals surface area contributed by atoms with E-state index in [4.69, 9.17) is 10.0 Å². The van der Waals surface area contributed by atoms with Gasteiger partial charge in [-0.15, -0.1) is 0 Å². The second-order valence-electron chi connectivity index (χ2n) is 5.52. The molecule has 0 spiro atoms. The maximum absolute atomic E-state index is 9.09. The van der Waals surface area contributed by atoms with E-state index in [1.165, 1.54) is 44.2 Å². The fraction of sp³-hybridized carbons (Fsp3) is 0.600. The average molecular weight is 261 g/mol. The van der Waals surface area contributed by atoms with Gasteiger partial charge in [0.05, 0.1) is 0 Å². The molecule has 1 aromatic carbocycles. The molecule has 0 amide bonds. The lowest BCUT2D eigenvalue weighted by Crippen LogP contribution is -2.39. The first-order valence-corrected chi connectivity index (χ1v) is 7.39. The topological polar surface area (TPSA) is 43.7 Å². The van der Waals surface area contributed by atoms with Gasteiger partial charge in [0.15, 0.2) is 0 Å². The van der Waals surface area contributed by atoms with E-state index in [0.717, 1.165) is 12.6 Å². The van der Waals surface area contributed by atoms with Crippen LogP contribution >= 0.6 is 0 Å². The molecule has 0 aliphatic carbocycles. The van der Waals surface area contributed by atoms with E-state index in [2.05, 4.69) is 11.8 Å². The Labute approximate surface area is 116 Å². The number of hydrogen-bond donors (Lipinski definition) is 2. The van der Waals surface area contributed by atoms with Gasteiger partial charge in [-0.25, -0.2) is 0 Å². The average Bonchev–Trinajstić information content (AvgIpc) is 2.42. The summed E-state index contributed by atoms with van der Waals surface area (Å²) >= 11 is 0. The summed E-state index contributed by atoms with van der Waals surface area (Å²) < 4.78 is 0. The van der Waals surface area contributed by atoms with Gasteiger partial charge in [-0.1, -0.05) is 44.0 Å². The molecule has 0 aromatic heterocycles. The summed E-state index contributed by atoms with van der Waals surface area (Å²) in [7, 11) is -1.36. The Kier molecular flexibility index (Phi) is 5.43. The van der Waals surface area contributed by atoms with Crippen LogP contribution in [-0.4, -0.2) is 34.7 Å². The Balaban J connectivity index is 1.98. The third kappa shape index (κ3) is 4.06. The van der Waals surface area contributed by atoms with Crippen molar-refractivity contribution in [2.24, 2.45) is 0 Å². The number of nitrogens with zero attached hydrogens (tertiary/aromatic N) is 1. The van der Waals surface area contributed by atoms with Gasteiger partial charge in [0.2, 0.25) is 0 Å². The minimum Gasteiger partial charge on any atom is -0.423 e. The highest BCUT2D eigenvalue weighted by molar-refractivity contribution is 6.58. The molecule has 1 saturated heterocycles. The summed E-state index contributed by atoms with van der Waals surface area (Å²) in [6.45, 7) is 4.42. The molecule has 104 valence electrons. The van der Waals surface area contributed by atoms with Crippen LogP contribution in [0.15, 0.2) is 24.3 Å². The third-order valence-electron chi connectivity index (χ3n) is 4.03. The number of benzene rings is 1.